The molecule has 160 valence electrons. The van der Waals surface area contributed by atoms with E-state index in [1.165, 1.54) is 12.1 Å². The molecule has 3 heterocycles. The minimum absolute atomic E-state index is 0.0109. The van der Waals surface area contributed by atoms with Gasteiger partial charge in [-0.3, -0.25) is 4.79 Å². The van der Waals surface area contributed by atoms with Crippen molar-refractivity contribution in [2.24, 2.45) is 0 Å². The fourth-order valence-electron chi connectivity index (χ4n) is 4.60. The number of para-hydroxylation sites is 1. The number of benzene rings is 2. The largest absolute Gasteiger partial charge is 0.376 e. The monoisotopic (exact) mass is 420 g/mol. The van der Waals surface area contributed by atoms with Crippen LogP contribution in [0, 0.1) is 19.7 Å². The van der Waals surface area contributed by atoms with Gasteiger partial charge in [-0.25, -0.2) is 9.07 Å². The van der Waals surface area contributed by atoms with Crippen LogP contribution < -0.4 is 5.32 Å². The number of ether oxygens (including phenoxy) is 1. The van der Waals surface area contributed by atoms with Gasteiger partial charge in [0.25, 0.3) is 5.91 Å². The van der Waals surface area contributed by atoms with Crippen LogP contribution in [-0.4, -0.2) is 39.8 Å². The number of fused-ring (bicyclic) bond motifs is 1. The molecule has 0 bridgehead atoms. The Morgan fingerprint density at radius 2 is 1.94 bits per heavy atom. The van der Waals surface area contributed by atoms with Gasteiger partial charge in [0.2, 0.25) is 0 Å². The Bertz CT molecular complexity index is 1120. The molecule has 2 aromatic carbocycles. The van der Waals surface area contributed by atoms with Crippen LogP contribution in [-0.2, 0) is 4.74 Å². The van der Waals surface area contributed by atoms with Crippen LogP contribution in [0.3, 0.4) is 0 Å². The van der Waals surface area contributed by atoms with Crippen LogP contribution in [0.25, 0.3) is 5.69 Å². The lowest BCUT2D eigenvalue weighted by Crippen LogP contribution is -2.46. The van der Waals surface area contributed by atoms with Gasteiger partial charge in [-0.05, 0) is 63.1 Å². The van der Waals surface area contributed by atoms with E-state index in [0.717, 1.165) is 47.8 Å². The molecule has 1 saturated heterocycles. The summed E-state index contributed by atoms with van der Waals surface area (Å²) in [6.07, 6.45) is 1.64. The van der Waals surface area contributed by atoms with Crippen molar-refractivity contribution in [1.82, 2.24) is 14.7 Å². The highest BCUT2D eigenvalue weighted by molar-refractivity contribution is 6.01. The minimum atomic E-state index is -0.360. The van der Waals surface area contributed by atoms with Gasteiger partial charge in [-0.15, -0.1) is 0 Å². The van der Waals surface area contributed by atoms with Crippen molar-refractivity contribution in [1.29, 1.82) is 0 Å². The predicted octanol–water partition coefficient (Wildman–Crippen LogP) is 4.37. The summed E-state index contributed by atoms with van der Waals surface area (Å²) in [5.41, 5.74) is 4.94. The Balaban J connectivity index is 1.58. The first-order valence-corrected chi connectivity index (χ1v) is 10.6. The first-order chi connectivity index (χ1) is 15.0. The van der Waals surface area contributed by atoms with E-state index >= 15 is 0 Å². The van der Waals surface area contributed by atoms with Crippen molar-refractivity contribution < 1.29 is 13.9 Å². The zero-order valence-corrected chi connectivity index (χ0v) is 17.6. The number of nitrogens with zero attached hydrogens (tertiary/aromatic N) is 3. The molecule has 3 aromatic rings. The number of hydrogen-bond donors (Lipinski definition) is 1. The van der Waals surface area contributed by atoms with Gasteiger partial charge in [0, 0.05) is 30.1 Å². The molecule has 2 aliphatic rings. The molecule has 0 aliphatic carbocycles. The molecule has 2 atom stereocenters. The quantitative estimate of drug-likeness (QED) is 0.681. The standard InChI is InChI=1S/C24H25FN4O2/c1-15-22(16(2)29(27-15)18-11-9-17(25)10-12-18)23-26-21-8-4-3-7-20(21)24(30)28(23)14-19-6-5-13-31-19/h3-4,7-12,19,23,26H,5-6,13-14H2,1-2H3/t19-,23-/m0/s1. The second-order valence-electron chi connectivity index (χ2n) is 8.16. The van der Waals surface area contributed by atoms with Crippen molar-refractivity contribution in [3.63, 3.8) is 0 Å². The molecule has 0 radical (unpaired) electrons. The number of carbonyl (C=O) groups excluding carboxylic acids is 1. The van der Waals surface area contributed by atoms with E-state index in [4.69, 9.17) is 9.84 Å². The molecule has 1 amide bonds. The smallest absolute Gasteiger partial charge is 0.257 e. The van der Waals surface area contributed by atoms with Crippen LogP contribution in [0.2, 0.25) is 0 Å². The third kappa shape index (κ3) is 3.49. The molecule has 0 unspecified atom stereocenters. The summed E-state index contributed by atoms with van der Waals surface area (Å²) < 4.78 is 21.1. The zero-order valence-electron chi connectivity index (χ0n) is 17.6. The van der Waals surface area contributed by atoms with Gasteiger partial charge < -0.3 is 15.0 Å². The van der Waals surface area contributed by atoms with Crippen molar-refractivity contribution in [3.8, 4) is 5.69 Å². The molecular weight excluding hydrogens is 395 g/mol. The van der Waals surface area contributed by atoms with Gasteiger partial charge in [-0.2, -0.15) is 5.10 Å². The number of rotatable bonds is 4. The fraction of sp³-hybridized carbons (Fsp3) is 0.333. The lowest BCUT2D eigenvalue weighted by molar-refractivity contribution is 0.0426. The fourth-order valence-corrected chi connectivity index (χ4v) is 4.60. The second-order valence-corrected chi connectivity index (χ2v) is 8.16. The van der Waals surface area contributed by atoms with Crippen molar-refractivity contribution >= 4 is 11.6 Å². The lowest BCUT2D eigenvalue weighted by Gasteiger charge is -2.39. The van der Waals surface area contributed by atoms with E-state index in [1.807, 2.05) is 43.0 Å². The van der Waals surface area contributed by atoms with Gasteiger partial charge >= 0.3 is 0 Å². The van der Waals surface area contributed by atoms with E-state index < -0.39 is 0 Å². The number of amides is 1. The summed E-state index contributed by atoms with van der Waals surface area (Å²) >= 11 is 0. The number of carbonyl (C=O) groups is 1. The second kappa shape index (κ2) is 7.81. The van der Waals surface area contributed by atoms with Crippen molar-refractivity contribution in [2.45, 2.75) is 39.0 Å². The normalized spacial score (nSPS) is 20.6. The number of nitrogens with one attached hydrogen (secondary N) is 1. The lowest BCUT2D eigenvalue weighted by atomic mass is 10.0. The maximum atomic E-state index is 13.5. The molecule has 0 saturated carbocycles. The number of halogens is 1. The summed E-state index contributed by atoms with van der Waals surface area (Å²) in [7, 11) is 0. The van der Waals surface area contributed by atoms with Gasteiger partial charge in [0.05, 0.1) is 23.0 Å². The summed E-state index contributed by atoms with van der Waals surface area (Å²) in [6, 6.07) is 13.8. The SMILES string of the molecule is Cc1nn(-c2ccc(F)cc2)c(C)c1[C@H]1Nc2ccccc2C(=O)N1C[C@@H]1CCCO1. The molecule has 7 heteroatoms. The Labute approximate surface area is 180 Å². The molecule has 31 heavy (non-hydrogen) atoms. The number of aromatic nitrogens is 2. The van der Waals surface area contributed by atoms with Crippen LogP contribution in [0.15, 0.2) is 48.5 Å². The highest BCUT2D eigenvalue weighted by Crippen LogP contribution is 2.37. The van der Waals surface area contributed by atoms with Gasteiger partial charge in [-0.1, -0.05) is 12.1 Å². The Hall–Kier alpha value is -3.19. The van der Waals surface area contributed by atoms with Crippen LogP contribution in [0.5, 0.6) is 0 Å². The van der Waals surface area contributed by atoms with E-state index in [9.17, 15) is 9.18 Å². The zero-order chi connectivity index (χ0) is 21.5. The van der Waals surface area contributed by atoms with E-state index in [0.29, 0.717) is 12.1 Å². The van der Waals surface area contributed by atoms with Crippen molar-refractivity contribution in [3.05, 3.63) is 76.9 Å². The third-order valence-electron chi connectivity index (χ3n) is 6.14. The van der Waals surface area contributed by atoms with Crippen LogP contribution in [0.1, 0.15) is 46.3 Å². The first kappa shape index (κ1) is 19.8. The molecule has 1 aromatic heterocycles. The predicted molar refractivity (Wildman–Crippen MR) is 116 cm³/mol. The maximum absolute atomic E-state index is 13.5. The summed E-state index contributed by atoms with van der Waals surface area (Å²) in [5.74, 6) is -0.299. The average molecular weight is 420 g/mol. The van der Waals surface area contributed by atoms with E-state index in [-0.39, 0.29) is 24.0 Å². The van der Waals surface area contributed by atoms with Gasteiger partial charge in [0.15, 0.2) is 0 Å². The van der Waals surface area contributed by atoms with Crippen molar-refractivity contribution in [2.75, 3.05) is 18.5 Å². The molecule has 5 rings (SSSR count). The molecule has 1 N–H and O–H groups in total. The average Bonchev–Trinajstić information content (AvgIpc) is 3.38. The molecule has 0 spiro atoms. The minimum Gasteiger partial charge on any atom is -0.376 e. The number of anilines is 1. The number of aryl methyl sites for hydroxylation is 1. The summed E-state index contributed by atoms with van der Waals surface area (Å²) in [6.45, 7) is 5.18. The molecule has 2 aliphatic heterocycles. The van der Waals surface area contributed by atoms with E-state index in [2.05, 4.69) is 5.32 Å². The van der Waals surface area contributed by atoms with E-state index in [1.54, 1.807) is 16.8 Å². The van der Waals surface area contributed by atoms with Crippen LogP contribution >= 0.6 is 0 Å². The topological polar surface area (TPSA) is 59.4 Å². The Kier molecular flexibility index (Phi) is 4.98. The molecule has 6 nitrogen and oxygen atoms in total. The first-order valence-electron chi connectivity index (χ1n) is 10.6. The van der Waals surface area contributed by atoms with Gasteiger partial charge in [0.1, 0.15) is 12.0 Å². The van der Waals surface area contributed by atoms with Crippen LogP contribution in [0.4, 0.5) is 10.1 Å². The number of hydrogen-bond acceptors (Lipinski definition) is 4. The Morgan fingerprint density at radius 3 is 2.68 bits per heavy atom. The molecule has 1 fully saturated rings. The summed E-state index contributed by atoms with van der Waals surface area (Å²) in [4.78, 5) is 15.4. The third-order valence-corrected chi connectivity index (χ3v) is 6.14. The highest BCUT2D eigenvalue weighted by atomic mass is 19.1. The summed E-state index contributed by atoms with van der Waals surface area (Å²) in [5, 5.41) is 8.28. The molecular formula is C24H25FN4O2. The highest BCUT2D eigenvalue weighted by Gasteiger charge is 2.37. The maximum Gasteiger partial charge on any atom is 0.257 e. The Morgan fingerprint density at radius 1 is 1.16 bits per heavy atom.